The molecular weight excluding hydrogens is 408 g/mol. The molecule has 32 heavy (non-hydrogen) atoms. The molecule has 2 amide bonds. The van der Waals surface area contributed by atoms with Crippen LogP contribution in [0.3, 0.4) is 0 Å². The predicted molar refractivity (Wildman–Crippen MR) is 120 cm³/mol. The van der Waals surface area contributed by atoms with E-state index in [1.165, 1.54) is 0 Å². The third kappa shape index (κ3) is 3.83. The summed E-state index contributed by atoms with van der Waals surface area (Å²) >= 11 is 0. The number of hydrogen-bond donors (Lipinski definition) is 3. The Kier molecular flexibility index (Phi) is 4.91. The number of anilines is 3. The van der Waals surface area contributed by atoms with Gasteiger partial charge in [-0.3, -0.25) is 9.59 Å². The fourth-order valence-electron chi connectivity index (χ4n) is 3.52. The highest BCUT2D eigenvalue weighted by Gasteiger charge is 2.18. The van der Waals surface area contributed by atoms with E-state index < -0.39 is 0 Å². The lowest BCUT2D eigenvalue weighted by molar-refractivity contribution is -0.122. The lowest BCUT2D eigenvalue weighted by Crippen LogP contribution is -2.24. The molecule has 0 saturated heterocycles. The molecule has 0 radical (unpaired) electrons. The van der Waals surface area contributed by atoms with E-state index in [1.54, 1.807) is 25.4 Å². The maximum Gasteiger partial charge on any atom is 0.257 e. The summed E-state index contributed by atoms with van der Waals surface area (Å²) in [5.41, 5.74) is 4.92. The normalized spacial score (nSPS) is 12.3. The van der Waals surface area contributed by atoms with Gasteiger partial charge in [-0.15, -0.1) is 0 Å². The molecule has 9 nitrogen and oxygen atoms in total. The molecule has 4 aromatic rings. The van der Waals surface area contributed by atoms with Crippen molar-refractivity contribution in [1.29, 1.82) is 0 Å². The van der Waals surface area contributed by atoms with E-state index >= 15 is 0 Å². The average molecular weight is 428 g/mol. The Hall–Kier alpha value is -4.40. The molecule has 9 heteroatoms. The first kappa shape index (κ1) is 19.6. The van der Waals surface area contributed by atoms with Crippen LogP contribution in [-0.4, -0.2) is 39.8 Å². The number of carbonyl (C=O) groups is 2. The number of likely N-dealkylation sites (N-methyl/N-ethyl adjacent to an activating group) is 1. The van der Waals surface area contributed by atoms with Gasteiger partial charge in [0.1, 0.15) is 5.75 Å². The summed E-state index contributed by atoms with van der Waals surface area (Å²) in [5.74, 6) is 0.990. The molecule has 160 valence electrons. The monoisotopic (exact) mass is 428 g/mol. The van der Waals surface area contributed by atoms with Crippen LogP contribution in [-0.2, 0) is 16.0 Å². The minimum Gasteiger partial charge on any atom is -0.484 e. The number of carbonyl (C=O) groups excluding carboxylic acids is 2. The van der Waals surface area contributed by atoms with Crippen molar-refractivity contribution in [2.75, 3.05) is 24.3 Å². The van der Waals surface area contributed by atoms with Gasteiger partial charge in [0.05, 0.1) is 12.1 Å². The molecule has 5 rings (SSSR count). The van der Waals surface area contributed by atoms with Crippen molar-refractivity contribution in [1.82, 2.24) is 19.7 Å². The zero-order valence-corrected chi connectivity index (χ0v) is 17.3. The molecule has 0 aliphatic carbocycles. The van der Waals surface area contributed by atoms with Crippen LogP contribution in [0.15, 0.2) is 61.1 Å². The second-order valence-electron chi connectivity index (χ2n) is 7.34. The van der Waals surface area contributed by atoms with Gasteiger partial charge in [0.2, 0.25) is 5.91 Å². The third-order valence-corrected chi connectivity index (χ3v) is 5.17. The van der Waals surface area contributed by atoms with Crippen LogP contribution < -0.4 is 20.7 Å². The van der Waals surface area contributed by atoms with E-state index in [1.807, 2.05) is 47.1 Å². The highest BCUT2D eigenvalue weighted by atomic mass is 16.5. The first-order chi connectivity index (χ1) is 15.6. The quantitative estimate of drug-likeness (QED) is 0.436. The maximum absolute atomic E-state index is 11.7. The fraction of sp³-hybridized carbons (Fsp3) is 0.130. The molecule has 2 aromatic heterocycles. The maximum atomic E-state index is 11.7. The molecule has 0 saturated carbocycles. The second-order valence-corrected chi connectivity index (χ2v) is 7.34. The molecule has 0 atom stereocenters. The summed E-state index contributed by atoms with van der Waals surface area (Å²) in [7, 11) is 1.56. The largest absolute Gasteiger partial charge is 0.484 e. The fourth-order valence-corrected chi connectivity index (χ4v) is 3.52. The topological polar surface area (TPSA) is 110 Å². The molecule has 0 fully saturated rings. The van der Waals surface area contributed by atoms with Crippen LogP contribution in [0.25, 0.3) is 16.9 Å². The number of ether oxygens (including phenoxy) is 1. The van der Waals surface area contributed by atoms with Crippen molar-refractivity contribution in [3.63, 3.8) is 0 Å². The smallest absolute Gasteiger partial charge is 0.257 e. The number of imidazole rings is 1. The van der Waals surface area contributed by atoms with E-state index in [0.29, 0.717) is 23.6 Å². The van der Waals surface area contributed by atoms with Crippen LogP contribution in [0.2, 0.25) is 0 Å². The van der Waals surface area contributed by atoms with Gasteiger partial charge in [-0.1, -0.05) is 12.1 Å². The molecule has 3 N–H and O–H groups in total. The summed E-state index contributed by atoms with van der Waals surface area (Å²) in [6.07, 6.45) is 5.88. The number of amides is 2. The van der Waals surface area contributed by atoms with Crippen LogP contribution in [0.5, 0.6) is 5.75 Å². The average Bonchev–Trinajstić information content (AvgIpc) is 3.43. The number of nitrogens with one attached hydrogen (secondary N) is 3. The molecule has 0 unspecified atom stereocenters. The lowest BCUT2D eigenvalue weighted by atomic mass is 10.1. The van der Waals surface area contributed by atoms with Gasteiger partial charge in [-0.25, -0.2) is 9.97 Å². The minimum absolute atomic E-state index is 0.000256. The number of aromatic nitrogens is 3. The van der Waals surface area contributed by atoms with E-state index in [9.17, 15) is 9.59 Å². The molecule has 0 spiro atoms. The Morgan fingerprint density at radius 2 is 2.06 bits per heavy atom. The minimum atomic E-state index is -0.193. The zero-order valence-electron chi connectivity index (χ0n) is 17.3. The van der Waals surface area contributed by atoms with E-state index in [-0.39, 0.29) is 18.4 Å². The Bertz CT molecular complexity index is 1330. The number of fused-ring (bicyclic) bond motifs is 2. The predicted octanol–water partition coefficient (Wildman–Crippen LogP) is 2.76. The van der Waals surface area contributed by atoms with Crippen LogP contribution in [0.4, 0.5) is 17.2 Å². The molecule has 1 aliphatic rings. The Labute approximate surface area is 183 Å². The van der Waals surface area contributed by atoms with Gasteiger partial charge >= 0.3 is 0 Å². The molecule has 1 aliphatic heterocycles. The van der Waals surface area contributed by atoms with E-state index in [0.717, 1.165) is 28.2 Å². The van der Waals surface area contributed by atoms with Crippen molar-refractivity contribution >= 4 is 34.7 Å². The number of nitrogens with zero attached hydrogens (tertiary/aromatic N) is 3. The molecule has 3 heterocycles. The van der Waals surface area contributed by atoms with Crippen molar-refractivity contribution in [3.05, 3.63) is 66.6 Å². The highest BCUT2D eigenvalue weighted by Crippen LogP contribution is 2.30. The number of benzene rings is 2. The summed E-state index contributed by atoms with van der Waals surface area (Å²) < 4.78 is 7.34. The van der Waals surface area contributed by atoms with Crippen LogP contribution in [0, 0.1) is 0 Å². The number of hydrogen-bond acceptors (Lipinski definition) is 6. The molecule has 2 aromatic carbocycles. The van der Waals surface area contributed by atoms with Gasteiger partial charge < -0.3 is 25.1 Å². The first-order valence-electron chi connectivity index (χ1n) is 10.1. The zero-order chi connectivity index (χ0) is 22.1. The van der Waals surface area contributed by atoms with Crippen molar-refractivity contribution in [2.24, 2.45) is 0 Å². The van der Waals surface area contributed by atoms with Gasteiger partial charge in [0.15, 0.2) is 18.1 Å². The van der Waals surface area contributed by atoms with Gasteiger partial charge in [-0.2, -0.15) is 0 Å². The van der Waals surface area contributed by atoms with Gasteiger partial charge in [0, 0.05) is 42.6 Å². The lowest BCUT2D eigenvalue weighted by Gasteiger charge is -2.11. The Balaban J connectivity index is 1.42. The first-order valence-corrected chi connectivity index (χ1v) is 10.1. The third-order valence-electron chi connectivity index (χ3n) is 5.17. The van der Waals surface area contributed by atoms with Crippen LogP contribution >= 0.6 is 0 Å². The molecule has 0 bridgehead atoms. The molecular formula is C23H20N6O3. The van der Waals surface area contributed by atoms with E-state index in [4.69, 9.17) is 9.72 Å². The van der Waals surface area contributed by atoms with Crippen LogP contribution in [0.1, 0.15) is 5.56 Å². The Morgan fingerprint density at radius 1 is 1.22 bits per heavy atom. The number of rotatable bonds is 6. The standard InChI is InChI=1S/C23H20N6O3/c1-24-21(31)13-32-17-6-4-16(5-7-17)26-22-23-25-8-9-29(23)12-19(28-22)14-2-3-15-11-20(30)27-18(15)10-14/h2-10,12H,11,13H2,1H3,(H,24,31)(H,26,28)(H,27,30). The van der Waals surface area contributed by atoms with Crippen molar-refractivity contribution in [3.8, 4) is 17.0 Å². The van der Waals surface area contributed by atoms with Gasteiger partial charge in [0.25, 0.3) is 5.91 Å². The summed E-state index contributed by atoms with van der Waals surface area (Å²) in [6, 6.07) is 13.1. The van der Waals surface area contributed by atoms with E-state index in [2.05, 4.69) is 20.9 Å². The summed E-state index contributed by atoms with van der Waals surface area (Å²) in [5, 5.41) is 8.70. The van der Waals surface area contributed by atoms with Crippen molar-refractivity contribution in [2.45, 2.75) is 6.42 Å². The van der Waals surface area contributed by atoms with Gasteiger partial charge in [-0.05, 0) is 35.9 Å². The second kappa shape index (κ2) is 8.03. The Morgan fingerprint density at radius 3 is 2.88 bits per heavy atom. The summed E-state index contributed by atoms with van der Waals surface area (Å²) in [4.78, 5) is 32.2. The summed E-state index contributed by atoms with van der Waals surface area (Å²) in [6.45, 7) is -0.0389. The highest BCUT2D eigenvalue weighted by molar-refractivity contribution is 5.99. The SMILES string of the molecule is CNC(=O)COc1ccc(Nc2nc(-c3ccc4c(c3)NC(=O)C4)cn3ccnc23)cc1. The van der Waals surface area contributed by atoms with Crippen molar-refractivity contribution < 1.29 is 14.3 Å².